The van der Waals surface area contributed by atoms with Gasteiger partial charge < -0.3 is 0 Å². The summed E-state index contributed by atoms with van der Waals surface area (Å²) in [5, 5.41) is 0. The third-order valence-electron chi connectivity index (χ3n) is 0.903. The van der Waals surface area contributed by atoms with Crippen molar-refractivity contribution in [2.24, 2.45) is 0 Å². The van der Waals surface area contributed by atoms with E-state index in [0.29, 0.717) is 5.56 Å². The van der Waals surface area contributed by atoms with Gasteiger partial charge in [-0.3, -0.25) is 0 Å². The molecule has 0 nitrogen and oxygen atoms in total. The van der Waals surface area contributed by atoms with Gasteiger partial charge in [-0.15, -0.1) is 0 Å². The Kier molecular flexibility index (Phi) is 1.24. The molecule has 1 heteroatoms. The lowest BCUT2D eigenvalue weighted by Gasteiger charge is -1.89. The van der Waals surface area contributed by atoms with Crippen LogP contribution in [-0.4, -0.2) is 0 Å². The van der Waals surface area contributed by atoms with Crippen LogP contribution in [0.15, 0.2) is 30.3 Å². The van der Waals surface area contributed by atoms with Gasteiger partial charge in [0.15, 0.2) is 0 Å². The molecule has 0 fully saturated rings. The van der Waals surface area contributed by atoms with Crippen LogP contribution in [0.2, 0.25) is 0 Å². The average molecular weight is 126 g/mol. The molecule has 0 radical (unpaired) electrons. The van der Waals surface area contributed by atoms with E-state index in [1.165, 1.54) is 0 Å². The summed E-state index contributed by atoms with van der Waals surface area (Å²) in [5.74, 6) is 0. The molecule has 0 aliphatic rings. The molecule has 0 aliphatic carbocycles. The first-order valence-corrected chi connectivity index (χ1v) is 2.83. The molecule has 0 amide bonds. The Balaban J connectivity index is 2.97. The van der Waals surface area contributed by atoms with Crippen LogP contribution in [0.25, 0.3) is 0 Å². The van der Waals surface area contributed by atoms with Crippen LogP contribution in [0, 0.1) is 0 Å². The Labute approximate surface area is 57.8 Å². The molecule has 1 aromatic carbocycles. The topological polar surface area (TPSA) is 0 Å². The first kappa shape index (κ1) is 3.57. The maximum Gasteiger partial charge on any atom is 0.0428 e. The molecule has 0 N–H and O–H groups in total. The number of thiol groups is 1. The number of hydrogen-bond donors (Lipinski definition) is 1. The van der Waals surface area contributed by atoms with Crippen molar-refractivity contribution >= 4 is 12.6 Å². The zero-order valence-corrected chi connectivity index (χ0v) is 5.23. The molecular weight excluding hydrogens is 116 g/mol. The highest BCUT2D eigenvalue weighted by Crippen LogP contribution is 2.00. The Morgan fingerprint density at radius 3 is 2.38 bits per heavy atom. The number of benzene rings is 1. The van der Waals surface area contributed by atoms with Crippen molar-refractivity contribution in [3.63, 3.8) is 0 Å². The highest BCUT2D eigenvalue weighted by Gasteiger charge is 1.80. The lowest BCUT2D eigenvalue weighted by molar-refractivity contribution is 1.43. The Morgan fingerprint density at radius 1 is 1.38 bits per heavy atom. The molecule has 0 aromatic heterocycles. The maximum atomic E-state index is 7.20. The van der Waals surface area contributed by atoms with Gasteiger partial charge >= 0.3 is 0 Å². The molecule has 0 saturated carbocycles. The van der Waals surface area contributed by atoms with Crippen LogP contribution in [0.3, 0.4) is 0 Å². The monoisotopic (exact) mass is 126 g/mol. The SMILES string of the molecule is [2H]C([2H])(S)c1ccccc1. The van der Waals surface area contributed by atoms with Crippen molar-refractivity contribution in [3.05, 3.63) is 35.9 Å². The Morgan fingerprint density at radius 2 is 2.00 bits per heavy atom. The zero-order chi connectivity index (χ0) is 7.61. The summed E-state index contributed by atoms with van der Waals surface area (Å²) in [6, 6.07) is 8.87. The second kappa shape index (κ2) is 2.78. The summed E-state index contributed by atoms with van der Waals surface area (Å²) in [5.41, 5.74) is -0.917. The number of hydrogen-bond acceptors (Lipinski definition) is 1. The van der Waals surface area contributed by atoms with E-state index >= 15 is 0 Å². The highest BCUT2D eigenvalue weighted by molar-refractivity contribution is 7.79. The van der Waals surface area contributed by atoms with Gasteiger partial charge in [-0.25, -0.2) is 0 Å². The Hall–Kier alpha value is -0.430. The van der Waals surface area contributed by atoms with Crippen molar-refractivity contribution in [1.29, 1.82) is 0 Å². The fourth-order valence-electron chi connectivity index (χ4n) is 0.513. The van der Waals surface area contributed by atoms with E-state index in [9.17, 15) is 0 Å². The van der Waals surface area contributed by atoms with Crippen molar-refractivity contribution < 1.29 is 2.74 Å². The largest absolute Gasteiger partial charge is 0.175 e. The molecule has 0 saturated heterocycles. The molecular formula is C7H8S. The second-order valence-electron chi connectivity index (χ2n) is 1.48. The first-order chi connectivity index (χ1) is 4.61. The molecule has 0 atom stereocenters. The quantitative estimate of drug-likeness (QED) is 0.547. The van der Waals surface area contributed by atoms with Crippen LogP contribution in [-0.2, 0) is 5.70 Å². The minimum absolute atomic E-state index is 0.596. The third kappa shape index (κ3) is 1.27. The minimum Gasteiger partial charge on any atom is -0.175 e. The van der Waals surface area contributed by atoms with Crippen molar-refractivity contribution in [2.75, 3.05) is 0 Å². The molecule has 0 aliphatic heterocycles. The molecule has 0 bridgehead atoms. The van der Waals surface area contributed by atoms with Crippen molar-refractivity contribution in [1.82, 2.24) is 0 Å². The van der Waals surface area contributed by atoms with Crippen LogP contribution in [0.1, 0.15) is 8.30 Å². The van der Waals surface area contributed by atoms with Gasteiger partial charge in [-0.1, -0.05) is 30.3 Å². The first-order valence-electron chi connectivity index (χ1n) is 3.38. The predicted molar refractivity (Wildman–Crippen MR) is 39.1 cm³/mol. The smallest absolute Gasteiger partial charge is 0.0428 e. The normalized spacial score (nSPS) is 14.6. The summed E-state index contributed by atoms with van der Waals surface area (Å²) in [7, 11) is 0. The van der Waals surface area contributed by atoms with Gasteiger partial charge in [-0.05, 0) is 5.56 Å². The fraction of sp³-hybridized carbons (Fsp3) is 0.143. The molecule has 42 valence electrons. The lowest BCUT2D eigenvalue weighted by atomic mass is 10.2. The molecule has 8 heavy (non-hydrogen) atoms. The van der Waals surface area contributed by atoms with Crippen molar-refractivity contribution in [2.45, 2.75) is 5.70 Å². The van der Waals surface area contributed by atoms with Gasteiger partial charge in [-0.2, -0.15) is 12.6 Å². The lowest BCUT2D eigenvalue weighted by Crippen LogP contribution is -1.71. The third-order valence-corrected chi connectivity index (χ3v) is 1.16. The van der Waals surface area contributed by atoms with Crippen LogP contribution >= 0.6 is 12.6 Å². The van der Waals surface area contributed by atoms with E-state index in [1.54, 1.807) is 24.3 Å². The van der Waals surface area contributed by atoms with Crippen molar-refractivity contribution in [3.8, 4) is 0 Å². The molecule has 1 aromatic rings. The van der Waals surface area contributed by atoms with E-state index in [4.69, 9.17) is 2.74 Å². The second-order valence-corrected chi connectivity index (χ2v) is 1.70. The Bertz CT molecular complexity index is 203. The van der Waals surface area contributed by atoms with Gasteiger partial charge in [0.2, 0.25) is 0 Å². The molecule has 1 rings (SSSR count). The maximum absolute atomic E-state index is 7.20. The van der Waals surface area contributed by atoms with Gasteiger partial charge in [0.1, 0.15) is 0 Å². The van der Waals surface area contributed by atoms with Gasteiger partial charge in [0.05, 0.1) is 0 Å². The fourth-order valence-corrected chi connectivity index (χ4v) is 0.662. The summed E-state index contributed by atoms with van der Waals surface area (Å²) >= 11 is 3.78. The van der Waals surface area contributed by atoms with Gasteiger partial charge in [0, 0.05) is 8.45 Å². The molecule has 0 spiro atoms. The van der Waals surface area contributed by atoms with Crippen LogP contribution in [0.4, 0.5) is 0 Å². The van der Waals surface area contributed by atoms with E-state index in [2.05, 4.69) is 12.6 Å². The minimum atomic E-state index is -1.51. The van der Waals surface area contributed by atoms with E-state index < -0.39 is 5.70 Å². The van der Waals surface area contributed by atoms with Crippen LogP contribution < -0.4 is 0 Å². The summed E-state index contributed by atoms with van der Waals surface area (Å²) in [6.07, 6.45) is 0. The summed E-state index contributed by atoms with van der Waals surface area (Å²) < 4.78 is 14.4. The predicted octanol–water partition coefficient (Wildman–Crippen LogP) is 2.12. The van der Waals surface area contributed by atoms with E-state index in [0.717, 1.165) is 0 Å². The van der Waals surface area contributed by atoms with Crippen LogP contribution in [0.5, 0.6) is 0 Å². The summed E-state index contributed by atoms with van der Waals surface area (Å²) in [6.45, 7) is 0. The van der Waals surface area contributed by atoms with Gasteiger partial charge in [0.25, 0.3) is 0 Å². The zero-order valence-electron chi connectivity index (χ0n) is 6.33. The molecule has 0 unspecified atom stereocenters. The highest BCUT2D eigenvalue weighted by atomic mass is 32.1. The standard InChI is InChI=1S/C7H8S/c8-6-7-4-2-1-3-5-7/h1-5,8H,6H2/i6D2. The van der Waals surface area contributed by atoms with E-state index in [-0.39, 0.29) is 0 Å². The van der Waals surface area contributed by atoms with E-state index in [1.807, 2.05) is 6.07 Å². The summed E-state index contributed by atoms with van der Waals surface area (Å²) in [4.78, 5) is 0. The number of rotatable bonds is 1. The molecule has 0 heterocycles. The average Bonchev–Trinajstić information content (AvgIpc) is 1.88.